The Morgan fingerprint density at radius 3 is 2.53 bits per heavy atom. The summed E-state index contributed by atoms with van der Waals surface area (Å²) in [7, 11) is 0. The van der Waals surface area contributed by atoms with Gasteiger partial charge in [0.05, 0.1) is 0 Å². The zero-order valence-corrected chi connectivity index (χ0v) is 9.39. The van der Waals surface area contributed by atoms with Crippen molar-refractivity contribution in [2.45, 2.75) is 25.7 Å². The van der Waals surface area contributed by atoms with Gasteiger partial charge in [-0.05, 0) is 24.4 Å². The van der Waals surface area contributed by atoms with E-state index in [4.69, 9.17) is 11.0 Å². The van der Waals surface area contributed by atoms with Gasteiger partial charge in [0.1, 0.15) is 16.6 Å². The Bertz CT molecular complexity index is 371. The molecule has 0 unspecified atom stereocenters. The molecule has 0 spiro atoms. The Balaban J connectivity index is 2.24. The van der Waals surface area contributed by atoms with Crippen molar-refractivity contribution < 1.29 is 0 Å². The largest absolute Gasteiger partial charge is 0.382 e. The van der Waals surface area contributed by atoms with Gasteiger partial charge < -0.3 is 10.6 Å². The van der Waals surface area contributed by atoms with E-state index < -0.39 is 0 Å². The predicted octanol–water partition coefficient (Wildman–Crippen LogP) is 1.98. The third-order valence-electron chi connectivity index (χ3n) is 2.71. The van der Waals surface area contributed by atoms with Crippen LogP contribution in [0.5, 0.6) is 0 Å². The molecule has 0 radical (unpaired) electrons. The number of hydrogen-bond acceptors (Lipinski definition) is 5. The van der Waals surface area contributed by atoms with Gasteiger partial charge in [0.2, 0.25) is 0 Å². The zero-order valence-electron chi connectivity index (χ0n) is 8.57. The van der Waals surface area contributed by atoms with Crippen LogP contribution in [0.25, 0.3) is 0 Å². The third-order valence-corrected chi connectivity index (χ3v) is 3.63. The van der Waals surface area contributed by atoms with Crippen molar-refractivity contribution in [3.8, 4) is 6.07 Å². The van der Waals surface area contributed by atoms with E-state index in [-0.39, 0.29) is 0 Å². The van der Waals surface area contributed by atoms with E-state index in [0.717, 1.165) is 18.1 Å². The van der Waals surface area contributed by atoms with E-state index in [9.17, 15) is 0 Å². The second-order valence-electron chi connectivity index (χ2n) is 3.76. The molecule has 1 aromatic rings. The minimum Gasteiger partial charge on any atom is -0.382 e. The predicted molar refractivity (Wildman–Crippen MR) is 61.9 cm³/mol. The van der Waals surface area contributed by atoms with Crippen molar-refractivity contribution >= 4 is 22.4 Å². The highest BCUT2D eigenvalue weighted by atomic mass is 32.1. The molecule has 5 heteroatoms. The number of nitrogen functional groups attached to an aromatic ring is 1. The molecule has 4 nitrogen and oxygen atoms in total. The maximum Gasteiger partial charge on any atom is 0.157 e. The Hall–Kier alpha value is -1.28. The van der Waals surface area contributed by atoms with Crippen LogP contribution in [-0.2, 0) is 0 Å². The fourth-order valence-corrected chi connectivity index (χ4v) is 2.70. The minimum absolute atomic E-state index is 0.377. The fraction of sp³-hybridized carbons (Fsp3) is 0.600. The molecular formula is C10H14N4S. The first kappa shape index (κ1) is 10.2. The highest BCUT2D eigenvalue weighted by molar-refractivity contribution is 7.10. The average Bonchev–Trinajstić information content (AvgIpc) is 2.48. The Labute approximate surface area is 93.5 Å². The summed E-state index contributed by atoms with van der Waals surface area (Å²) in [4.78, 5) is 2.25. The first-order chi connectivity index (χ1) is 7.33. The lowest BCUT2D eigenvalue weighted by Crippen LogP contribution is -2.23. The molecule has 1 aliphatic heterocycles. The molecule has 1 aliphatic rings. The van der Waals surface area contributed by atoms with E-state index in [1.54, 1.807) is 0 Å². The fourth-order valence-electron chi connectivity index (χ4n) is 1.89. The van der Waals surface area contributed by atoms with Crippen molar-refractivity contribution in [1.82, 2.24) is 4.37 Å². The van der Waals surface area contributed by atoms with Crippen LogP contribution in [0.4, 0.5) is 10.8 Å². The second-order valence-corrected chi connectivity index (χ2v) is 4.51. The van der Waals surface area contributed by atoms with Gasteiger partial charge in [-0.25, -0.2) is 0 Å². The quantitative estimate of drug-likeness (QED) is 0.789. The van der Waals surface area contributed by atoms with Crippen molar-refractivity contribution in [2.24, 2.45) is 0 Å². The maximum absolute atomic E-state index is 9.00. The summed E-state index contributed by atoms with van der Waals surface area (Å²) < 4.78 is 4.05. The number of aromatic nitrogens is 1. The molecule has 0 amide bonds. The first-order valence-corrected chi connectivity index (χ1v) is 6.00. The zero-order chi connectivity index (χ0) is 10.7. The number of nitrogens with two attached hydrogens (primary N) is 1. The van der Waals surface area contributed by atoms with Gasteiger partial charge in [0.15, 0.2) is 5.82 Å². The van der Waals surface area contributed by atoms with Gasteiger partial charge in [-0.3, -0.25) is 0 Å². The van der Waals surface area contributed by atoms with Crippen LogP contribution < -0.4 is 10.6 Å². The summed E-state index contributed by atoms with van der Waals surface area (Å²) >= 11 is 1.34. The highest BCUT2D eigenvalue weighted by Gasteiger charge is 2.18. The SMILES string of the molecule is N#Cc1c(N)nsc1N1CCCCCC1. The first-order valence-electron chi connectivity index (χ1n) is 5.23. The smallest absolute Gasteiger partial charge is 0.157 e. The topological polar surface area (TPSA) is 65.9 Å². The highest BCUT2D eigenvalue weighted by Crippen LogP contribution is 2.31. The lowest BCUT2D eigenvalue weighted by atomic mass is 10.2. The monoisotopic (exact) mass is 222 g/mol. The third kappa shape index (κ3) is 2.05. The van der Waals surface area contributed by atoms with Gasteiger partial charge in [0.25, 0.3) is 0 Å². The Kier molecular flexibility index (Phi) is 3.07. The summed E-state index contributed by atoms with van der Waals surface area (Å²) in [5, 5.41) is 9.95. The summed E-state index contributed by atoms with van der Waals surface area (Å²) in [6.45, 7) is 2.05. The van der Waals surface area contributed by atoms with Crippen LogP contribution >= 0.6 is 11.5 Å². The van der Waals surface area contributed by atoms with E-state index in [0.29, 0.717) is 11.4 Å². The molecule has 0 atom stereocenters. The Morgan fingerprint density at radius 1 is 1.27 bits per heavy atom. The molecule has 0 aromatic carbocycles. The maximum atomic E-state index is 9.00. The number of hydrogen-bond donors (Lipinski definition) is 1. The van der Waals surface area contributed by atoms with Gasteiger partial charge in [-0.2, -0.15) is 9.64 Å². The molecule has 0 bridgehead atoms. The van der Waals surface area contributed by atoms with Gasteiger partial charge in [-0.15, -0.1) is 0 Å². The van der Waals surface area contributed by atoms with E-state index >= 15 is 0 Å². The van der Waals surface area contributed by atoms with Crippen LogP contribution in [0.1, 0.15) is 31.2 Å². The molecule has 1 fully saturated rings. The average molecular weight is 222 g/mol. The van der Waals surface area contributed by atoms with Gasteiger partial charge >= 0.3 is 0 Å². The summed E-state index contributed by atoms with van der Waals surface area (Å²) in [6, 6.07) is 2.14. The second kappa shape index (κ2) is 4.49. The van der Waals surface area contributed by atoms with Gasteiger partial charge in [-0.1, -0.05) is 12.8 Å². The molecular weight excluding hydrogens is 208 g/mol. The molecule has 2 heterocycles. The van der Waals surface area contributed by atoms with Crippen LogP contribution in [-0.4, -0.2) is 17.5 Å². The number of anilines is 2. The lowest BCUT2D eigenvalue weighted by molar-refractivity contribution is 0.726. The summed E-state index contributed by atoms with van der Waals surface area (Å²) in [5.74, 6) is 0.377. The number of rotatable bonds is 1. The summed E-state index contributed by atoms with van der Waals surface area (Å²) in [5.41, 5.74) is 6.21. The van der Waals surface area contributed by atoms with Crippen LogP contribution in [0.2, 0.25) is 0 Å². The summed E-state index contributed by atoms with van der Waals surface area (Å²) in [6.07, 6.45) is 4.96. The standard InChI is InChI=1S/C10H14N4S/c11-7-8-9(12)13-15-10(8)14-5-3-1-2-4-6-14/h1-6H2,(H2,12,13). The van der Waals surface area contributed by atoms with E-state index in [1.807, 2.05) is 0 Å². The van der Waals surface area contributed by atoms with Gasteiger partial charge in [0, 0.05) is 13.1 Å². The number of nitrogens with zero attached hydrogens (tertiary/aromatic N) is 3. The van der Waals surface area contributed by atoms with Crippen molar-refractivity contribution in [3.63, 3.8) is 0 Å². The number of nitriles is 1. The molecule has 1 aromatic heterocycles. The minimum atomic E-state index is 0.377. The van der Waals surface area contributed by atoms with E-state index in [1.165, 1.54) is 37.2 Å². The molecule has 1 saturated heterocycles. The molecule has 2 N–H and O–H groups in total. The van der Waals surface area contributed by atoms with Crippen LogP contribution in [0.3, 0.4) is 0 Å². The molecule has 0 aliphatic carbocycles. The van der Waals surface area contributed by atoms with Crippen LogP contribution in [0.15, 0.2) is 0 Å². The molecule has 0 saturated carbocycles. The van der Waals surface area contributed by atoms with Crippen LogP contribution in [0, 0.1) is 11.3 Å². The molecule has 80 valence electrons. The molecule has 2 rings (SSSR count). The van der Waals surface area contributed by atoms with Crippen molar-refractivity contribution in [1.29, 1.82) is 5.26 Å². The normalized spacial score (nSPS) is 17.1. The van der Waals surface area contributed by atoms with Crippen molar-refractivity contribution in [2.75, 3.05) is 23.7 Å². The Morgan fingerprint density at radius 2 is 1.93 bits per heavy atom. The lowest BCUT2D eigenvalue weighted by Gasteiger charge is -2.19. The van der Waals surface area contributed by atoms with E-state index in [2.05, 4.69) is 15.3 Å². The van der Waals surface area contributed by atoms with Crippen molar-refractivity contribution in [3.05, 3.63) is 5.56 Å². The molecule has 15 heavy (non-hydrogen) atoms.